The Labute approximate surface area is 105 Å². The first-order valence-corrected chi connectivity index (χ1v) is 6.60. The second kappa shape index (κ2) is 6.89. The van der Waals surface area contributed by atoms with Gasteiger partial charge in [0.2, 0.25) is 5.91 Å². The molecule has 0 radical (unpaired) electrons. The first kappa shape index (κ1) is 13.5. The van der Waals surface area contributed by atoms with Gasteiger partial charge in [-0.05, 0) is 18.6 Å². The number of nitrogens with one attached hydrogen (secondary N) is 1. The second-order valence-corrected chi connectivity index (χ2v) is 5.47. The molecule has 1 atom stereocenters. The number of carbonyl (C=O) groups excluding carboxylic acids is 1. The lowest BCUT2D eigenvalue weighted by molar-refractivity contribution is -0.122. The fraction of sp³-hybridized carbons (Fsp3) is 0.545. The van der Waals surface area contributed by atoms with Crippen LogP contribution in [0, 0.1) is 0 Å². The van der Waals surface area contributed by atoms with Gasteiger partial charge < -0.3 is 11.1 Å². The fourth-order valence-corrected chi connectivity index (χ4v) is 2.33. The molecule has 0 aliphatic rings. The van der Waals surface area contributed by atoms with E-state index in [1.807, 2.05) is 12.1 Å². The summed E-state index contributed by atoms with van der Waals surface area (Å²) in [7, 11) is 0. The zero-order valence-electron chi connectivity index (χ0n) is 9.33. The molecule has 0 aliphatic carbocycles. The van der Waals surface area contributed by atoms with Crippen molar-refractivity contribution < 1.29 is 4.79 Å². The van der Waals surface area contributed by atoms with Crippen LogP contribution in [0.25, 0.3) is 0 Å². The largest absolute Gasteiger partial charge is 0.350 e. The average Bonchev–Trinajstić information content (AvgIpc) is 2.68. The van der Waals surface area contributed by atoms with Crippen molar-refractivity contribution in [1.29, 1.82) is 0 Å². The van der Waals surface area contributed by atoms with Gasteiger partial charge in [-0.1, -0.05) is 31.4 Å². The Morgan fingerprint density at radius 1 is 1.62 bits per heavy atom. The van der Waals surface area contributed by atoms with Crippen LogP contribution >= 0.6 is 22.9 Å². The normalized spacial score (nSPS) is 12.4. The quantitative estimate of drug-likeness (QED) is 0.826. The molecule has 0 fully saturated rings. The number of halogens is 1. The first-order chi connectivity index (χ1) is 7.63. The van der Waals surface area contributed by atoms with Crippen LogP contribution in [0.4, 0.5) is 0 Å². The highest BCUT2D eigenvalue weighted by Crippen LogP contribution is 2.20. The minimum absolute atomic E-state index is 0.0852. The third-order valence-corrected chi connectivity index (χ3v) is 3.50. The number of amides is 1. The van der Waals surface area contributed by atoms with E-state index in [2.05, 4.69) is 12.2 Å². The van der Waals surface area contributed by atoms with Gasteiger partial charge >= 0.3 is 0 Å². The van der Waals surface area contributed by atoms with Crippen LogP contribution in [-0.4, -0.2) is 11.9 Å². The van der Waals surface area contributed by atoms with Crippen molar-refractivity contribution in [2.75, 3.05) is 0 Å². The molecule has 1 amide bonds. The summed E-state index contributed by atoms with van der Waals surface area (Å²) in [5, 5.41) is 2.81. The maximum atomic E-state index is 11.6. The molecule has 0 saturated carbocycles. The molecule has 90 valence electrons. The lowest BCUT2D eigenvalue weighted by atomic mass is 10.1. The molecule has 0 saturated heterocycles. The van der Waals surface area contributed by atoms with Crippen LogP contribution in [0.2, 0.25) is 4.34 Å². The Bertz CT molecular complexity index is 340. The summed E-state index contributed by atoms with van der Waals surface area (Å²) in [6, 6.07) is 3.34. The first-order valence-electron chi connectivity index (χ1n) is 5.41. The molecule has 1 heterocycles. The monoisotopic (exact) mass is 260 g/mol. The molecule has 0 aromatic carbocycles. The Morgan fingerprint density at radius 2 is 2.38 bits per heavy atom. The van der Waals surface area contributed by atoms with Crippen LogP contribution in [0.15, 0.2) is 12.1 Å². The van der Waals surface area contributed by atoms with Gasteiger partial charge in [0.05, 0.1) is 16.9 Å². The van der Waals surface area contributed by atoms with Crippen LogP contribution < -0.4 is 11.1 Å². The molecule has 16 heavy (non-hydrogen) atoms. The van der Waals surface area contributed by atoms with E-state index >= 15 is 0 Å². The Balaban J connectivity index is 2.29. The number of nitrogens with two attached hydrogens (primary N) is 1. The van der Waals surface area contributed by atoms with E-state index in [0.29, 0.717) is 6.54 Å². The molecule has 3 N–H and O–H groups in total. The van der Waals surface area contributed by atoms with Gasteiger partial charge in [0.15, 0.2) is 0 Å². The van der Waals surface area contributed by atoms with E-state index in [1.54, 1.807) is 0 Å². The standard InChI is InChI=1S/C11H17ClN2OS/c1-2-3-4-9(13)11(15)14-7-8-5-6-10(12)16-8/h5-6,9H,2-4,7,13H2,1H3,(H,14,15)/t9-/m0/s1. The molecule has 3 nitrogen and oxygen atoms in total. The van der Waals surface area contributed by atoms with Gasteiger partial charge in [-0.3, -0.25) is 4.79 Å². The van der Waals surface area contributed by atoms with E-state index in [-0.39, 0.29) is 5.91 Å². The maximum Gasteiger partial charge on any atom is 0.237 e. The third-order valence-electron chi connectivity index (χ3n) is 2.27. The Morgan fingerprint density at radius 3 is 2.94 bits per heavy atom. The fourth-order valence-electron chi connectivity index (χ4n) is 1.31. The second-order valence-electron chi connectivity index (χ2n) is 3.67. The molecule has 0 unspecified atom stereocenters. The van der Waals surface area contributed by atoms with Gasteiger partial charge in [-0.15, -0.1) is 11.3 Å². The molecular formula is C11H17ClN2OS. The highest BCUT2D eigenvalue weighted by molar-refractivity contribution is 7.16. The Kier molecular flexibility index (Phi) is 5.80. The summed E-state index contributed by atoms with van der Waals surface area (Å²) >= 11 is 7.26. The van der Waals surface area contributed by atoms with Crippen LogP contribution in [0.5, 0.6) is 0 Å². The zero-order chi connectivity index (χ0) is 12.0. The van der Waals surface area contributed by atoms with Crippen molar-refractivity contribution in [2.24, 2.45) is 5.73 Å². The molecule has 5 heteroatoms. The van der Waals surface area contributed by atoms with Gasteiger partial charge in [0.1, 0.15) is 0 Å². The molecule has 0 bridgehead atoms. The van der Waals surface area contributed by atoms with Crippen molar-refractivity contribution in [3.63, 3.8) is 0 Å². The highest BCUT2D eigenvalue weighted by atomic mass is 35.5. The summed E-state index contributed by atoms with van der Waals surface area (Å²) < 4.78 is 0.736. The summed E-state index contributed by atoms with van der Waals surface area (Å²) in [6.07, 6.45) is 2.79. The molecule has 1 aromatic heterocycles. The van der Waals surface area contributed by atoms with Gasteiger partial charge in [-0.2, -0.15) is 0 Å². The summed E-state index contributed by atoms with van der Waals surface area (Å²) in [5.74, 6) is -0.0852. The number of hydrogen-bond donors (Lipinski definition) is 2. The zero-order valence-corrected chi connectivity index (χ0v) is 10.9. The number of rotatable bonds is 6. The molecule has 1 aromatic rings. The molecule has 0 spiro atoms. The van der Waals surface area contributed by atoms with Crippen molar-refractivity contribution in [1.82, 2.24) is 5.32 Å². The van der Waals surface area contributed by atoms with E-state index in [9.17, 15) is 4.79 Å². The van der Waals surface area contributed by atoms with Crippen molar-refractivity contribution >= 4 is 28.8 Å². The van der Waals surface area contributed by atoms with Crippen molar-refractivity contribution in [3.05, 3.63) is 21.3 Å². The molecule has 1 rings (SSSR count). The number of hydrogen-bond acceptors (Lipinski definition) is 3. The van der Waals surface area contributed by atoms with E-state index in [1.165, 1.54) is 11.3 Å². The highest BCUT2D eigenvalue weighted by Gasteiger charge is 2.12. The topological polar surface area (TPSA) is 55.1 Å². The smallest absolute Gasteiger partial charge is 0.237 e. The average molecular weight is 261 g/mol. The minimum Gasteiger partial charge on any atom is -0.350 e. The SMILES string of the molecule is CCCC[C@H](N)C(=O)NCc1ccc(Cl)s1. The van der Waals surface area contributed by atoms with Crippen molar-refractivity contribution in [3.8, 4) is 0 Å². The number of carbonyl (C=O) groups is 1. The summed E-state index contributed by atoms with van der Waals surface area (Å²) in [6.45, 7) is 2.59. The van der Waals surface area contributed by atoms with Gasteiger partial charge in [-0.25, -0.2) is 0 Å². The van der Waals surface area contributed by atoms with E-state index in [0.717, 1.165) is 28.5 Å². The maximum absolute atomic E-state index is 11.6. The van der Waals surface area contributed by atoms with Crippen LogP contribution in [0.1, 0.15) is 31.1 Å². The summed E-state index contributed by atoms with van der Waals surface area (Å²) in [4.78, 5) is 12.6. The van der Waals surface area contributed by atoms with E-state index < -0.39 is 6.04 Å². The van der Waals surface area contributed by atoms with E-state index in [4.69, 9.17) is 17.3 Å². The lowest BCUT2D eigenvalue weighted by Crippen LogP contribution is -2.39. The predicted molar refractivity (Wildman–Crippen MR) is 68.7 cm³/mol. The Hall–Kier alpha value is -0.580. The van der Waals surface area contributed by atoms with Crippen LogP contribution in [-0.2, 0) is 11.3 Å². The minimum atomic E-state index is -0.393. The van der Waals surface area contributed by atoms with Crippen LogP contribution in [0.3, 0.4) is 0 Å². The third kappa shape index (κ3) is 4.51. The summed E-state index contributed by atoms with van der Waals surface area (Å²) in [5.41, 5.74) is 5.74. The molecular weight excluding hydrogens is 244 g/mol. The van der Waals surface area contributed by atoms with Crippen molar-refractivity contribution in [2.45, 2.75) is 38.8 Å². The van der Waals surface area contributed by atoms with Gasteiger partial charge in [0.25, 0.3) is 0 Å². The lowest BCUT2D eigenvalue weighted by Gasteiger charge is -2.10. The van der Waals surface area contributed by atoms with Gasteiger partial charge in [0, 0.05) is 4.88 Å². The number of thiophene rings is 1. The molecule has 0 aliphatic heterocycles. The number of unbranched alkanes of at least 4 members (excludes halogenated alkanes) is 1. The predicted octanol–water partition coefficient (Wildman–Crippen LogP) is 2.54.